The molecule has 1 aromatic carbocycles. The Bertz CT molecular complexity index is 705. The van der Waals surface area contributed by atoms with Crippen molar-refractivity contribution in [3.05, 3.63) is 53.9 Å². The second-order valence-electron chi connectivity index (χ2n) is 5.82. The summed E-state index contributed by atoms with van der Waals surface area (Å²) in [6.07, 6.45) is 4.35. The number of ether oxygens (including phenoxy) is 2. The van der Waals surface area contributed by atoms with Crippen LogP contribution < -0.4 is 10.1 Å². The zero-order valence-electron chi connectivity index (χ0n) is 13.4. The van der Waals surface area contributed by atoms with Crippen LogP contribution in [0.15, 0.2) is 42.7 Å². The number of carbonyl (C=O) groups is 1. The molecular formula is C18H20N2O4. The van der Waals surface area contributed by atoms with E-state index >= 15 is 0 Å². The third-order valence-electron chi connectivity index (χ3n) is 4.20. The van der Waals surface area contributed by atoms with E-state index < -0.39 is 0 Å². The summed E-state index contributed by atoms with van der Waals surface area (Å²) in [4.78, 5) is 16.4. The number of methoxy groups -OCH3 is 1. The van der Waals surface area contributed by atoms with Crippen LogP contribution in [0, 0.1) is 5.92 Å². The number of hydrogen-bond acceptors (Lipinski definition) is 5. The summed E-state index contributed by atoms with van der Waals surface area (Å²) in [6, 6.07) is 8.49. The van der Waals surface area contributed by atoms with Gasteiger partial charge in [-0.2, -0.15) is 0 Å². The van der Waals surface area contributed by atoms with Crippen LogP contribution in [0.1, 0.15) is 15.9 Å². The standard InChI is InChI=1S/C18H20N2O4/c1-23-17-3-2-13(9-16(17)21)18(22)20-15-11-24-10-14(15)8-12-4-6-19-7-5-12/h2-7,9,14-15,21H,8,10-11H2,1H3,(H,20,22)/t14-,15+/m1/s1. The van der Waals surface area contributed by atoms with E-state index in [1.165, 1.54) is 18.7 Å². The first-order valence-electron chi connectivity index (χ1n) is 7.82. The van der Waals surface area contributed by atoms with Crippen LogP contribution in [-0.4, -0.2) is 42.4 Å². The number of carbonyl (C=O) groups excluding carboxylic acids is 1. The Morgan fingerprint density at radius 2 is 2.12 bits per heavy atom. The Morgan fingerprint density at radius 1 is 1.33 bits per heavy atom. The molecule has 1 amide bonds. The monoisotopic (exact) mass is 328 g/mol. The number of rotatable bonds is 5. The predicted molar refractivity (Wildman–Crippen MR) is 88.2 cm³/mol. The lowest BCUT2D eigenvalue weighted by molar-refractivity contribution is 0.0924. The summed E-state index contributed by atoms with van der Waals surface area (Å²) in [5.74, 6) is 0.263. The maximum absolute atomic E-state index is 12.4. The molecular weight excluding hydrogens is 308 g/mol. The molecule has 2 aromatic rings. The van der Waals surface area contributed by atoms with E-state index in [2.05, 4.69) is 10.3 Å². The molecule has 1 saturated heterocycles. The number of hydrogen-bond donors (Lipinski definition) is 2. The molecule has 6 heteroatoms. The van der Waals surface area contributed by atoms with Gasteiger partial charge in [0.05, 0.1) is 26.4 Å². The first-order valence-corrected chi connectivity index (χ1v) is 7.82. The Kier molecular flexibility index (Phi) is 4.96. The average molecular weight is 328 g/mol. The van der Waals surface area contributed by atoms with Crippen LogP contribution in [0.2, 0.25) is 0 Å². The number of nitrogens with zero attached hydrogens (tertiary/aromatic N) is 1. The van der Waals surface area contributed by atoms with Crippen molar-refractivity contribution >= 4 is 5.91 Å². The molecule has 1 aliphatic heterocycles. The Hall–Kier alpha value is -2.60. The van der Waals surface area contributed by atoms with Gasteiger partial charge in [-0.3, -0.25) is 9.78 Å². The third-order valence-corrected chi connectivity index (χ3v) is 4.20. The van der Waals surface area contributed by atoms with Gasteiger partial charge >= 0.3 is 0 Å². The van der Waals surface area contributed by atoms with Gasteiger partial charge in [0.25, 0.3) is 5.91 Å². The van der Waals surface area contributed by atoms with E-state index in [1.54, 1.807) is 24.5 Å². The van der Waals surface area contributed by atoms with Crippen LogP contribution >= 0.6 is 0 Å². The van der Waals surface area contributed by atoms with Crippen molar-refractivity contribution in [3.63, 3.8) is 0 Å². The maximum Gasteiger partial charge on any atom is 0.251 e. The van der Waals surface area contributed by atoms with Gasteiger partial charge in [0.1, 0.15) is 0 Å². The highest BCUT2D eigenvalue weighted by atomic mass is 16.5. The number of phenolic OH excluding ortho intramolecular Hbond substituents is 1. The van der Waals surface area contributed by atoms with E-state index in [4.69, 9.17) is 9.47 Å². The molecule has 0 aliphatic carbocycles. The molecule has 3 rings (SSSR count). The normalized spacial score (nSPS) is 19.9. The second-order valence-corrected chi connectivity index (χ2v) is 5.82. The van der Waals surface area contributed by atoms with Gasteiger partial charge in [-0.25, -0.2) is 0 Å². The molecule has 24 heavy (non-hydrogen) atoms. The van der Waals surface area contributed by atoms with Crippen LogP contribution in [0.25, 0.3) is 0 Å². The molecule has 2 atom stereocenters. The van der Waals surface area contributed by atoms with Crippen molar-refractivity contribution in [2.75, 3.05) is 20.3 Å². The van der Waals surface area contributed by atoms with Gasteiger partial charge in [-0.05, 0) is 42.3 Å². The summed E-state index contributed by atoms with van der Waals surface area (Å²) in [7, 11) is 1.47. The highest BCUT2D eigenvalue weighted by Gasteiger charge is 2.30. The van der Waals surface area contributed by atoms with Crippen molar-refractivity contribution in [3.8, 4) is 11.5 Å². The third kappa shape index (κ3) is 3.65. The smallest absolute Gasteiger partial charge is 0.251 e. The minimum atomic E-state index is -0.233. The second kappa shape index (κ2) is 7.31. The summed E-state index contributed by atoms with van der Waals surface area (Å²) < 4.78 is 10.5. The highest BCUT2D eigenvalue weighted by Crippen LogP contribution is 2.26. The van der Waals surface area contributed by atoms with Crippen molar-refractivity contribution in [1.82, 2.24) is 10.3 Å². The predicted octanol–water partition coefficient (Wildman–Crippen LogP) is 1.78. The van der Waals surface area contributed by atoms with Crippen LogP contribution in [0.3, 0.4) is 0 Å². The number of phenols is 1. The summed E-state index contributed by atoms with van der Waals surface area (Å²) in [6.45, 7) is 1.10. The lowest BCUT2D eigenvalue weighted by atomic mass is 9.95. The molecule has 6 nitrogen and oxygen atoms in total. The van der Waals surface area contributed by atoms with Crippen molar-refractivity contribution in [2.24, 2.45) is 5.92 Å². The maximum atomic E-state index is 12.4. The lowest BCUT2D eigenvalue weighted by Crippen LogP contribution is -2.40. The van der Waals surface area contributed by atoms with Gasteiger partial charge in [0.2, 0.25) is 0 Å². The fourth-order valence-corrected chi connectivity index (χ4v) is 2.86. The molecule has 1 aromatic heterocycles. The molecule has 0 unspecified atom stereocenters. The van der Waals surface area contributed by atoms with Crippen LogP contribution in [-0.2, 0) is 11.2 Å². The van der Waals surface area contributed by atoms with Gasteiger partial charge < -0.3 is 19.9 Å². The zero-order valence-corrected chi connectivity index (χ0v) is 13.4. The molecule has 2 heterocycles. The molecule has 1 aliphatic rings. The Balaban J connectivity index is 1.65. The van der Waals surface area contributed by atoms with E-state index in [0.717, 1.165) is 6.42 Å². The minimum Gasteiger partial charge on any atom is -0.504 e. The van der Waals surface area contributed by atoms with Crippen molar-refractivity contribution in [2.45, 2.75) is 12.5 Å². The Morgan fingerprint density at radius 3 is 2.83 bits per heavy atom. The molecule has 126 valence electrons. The fourth-order valence-electron chi connectivity index (χ4n) is 2.86. The average Bonchev–Trinajstić information content (AvgIpc) is 3.02. The number of aromatic hydroxyl groups is 1. The highest BCUT2D eigenvalue weighted by molar-refractivity contribution is 5.95. The number of nitrogens with one attached hydrogen (secondary N) is 1. The molecule has 2 N–H and O–H groups in total. The molecule has 0 bridgehead atoms. The van der Waals surface area contributed by atoms with Gasteiger partial charge in [0.15, 0.2) is 11.5 Å². The van der Waals surface area contributed by atoms with Crippen molar-refractivity contribution in [1.29, 1.82) is 0 Å². The summed E-state index contributed by atoms with van der Waals surface area (Å²) in [5.41, 5.74) is 1.56. The first-order chi connectivity index (χ1) is 11.7. The topological polar surface area (TPSA) is 80.7 Å². The van der Waals surface area contributed by atoms with E-state index in [-0.39, 0.29) is 23.6 Å². The molecule has 1 fully saturated rings. The molecule has 0 radical (unpaired) electrons. The quantitative estimate of drug-likeness (QED) is 0.874. The van der Waals surface area contributed by atoms with E-state index in [1.807, 2.05) is 12.1 Å². The Labute approximate surface area is 140 Å². The lowest BCUT2D eigenvalue weighted by Gasteiger charge is -2.19. The van der Waals surface area contributed by atoms with E-state index in [9.17, 15) is 9.90 Å². The SMILES string of the molecule is COc1ccc(C(=O)N[C@H]2COC[C@H]2Cc2ccncc2)cc1O. The molecule has 0 saturated carbocycles. The minimum absolute atomic E-state index is 0.0545. The van der Waals surface area contributed by atoms with Gasteiger partial charge in [0, 0.05) is 23.9 Å². The number of aromatic nitrogens is 1. The van der Waals surface area contributed by atoms with Crippen LogP contribution in [0.4, 0.5) is 0 Å². The molecule has 0 spiro atoms. The van der Waals surface area contributed by atoms with Crippen molar-refractivity contribution < 1.29 is 19.4 Å². The van der Waals surface area contributed by atoms with Gasteiger partial charge in [-0.1, -0.05) is 0 Å². The summed E-state index contributed by atoms with van der Waals surface area (Å²) in [5, 5.41) is 12.8. The number of benzene rings is 1. The first kappa shape index (κ1) is 16.3. The fraction of sp³-hybridized carbons (Fsp3) is 0.333. The van der Waals surface area contributed by atoms with Gasteiger partial charge in [-0.15, -0.1) is 0 Å². The number of pyridine rings is 1. The van der Waals surface area contributed by atoms with Crippen LogP contribution in [0.5, 0.6) is 11.5 Å². The number of amides is 1. The largest absolute Gasteiger partial charge is 0.504 e. The van der Waals surface area contributed by atoms with E-state index in [0.29, 0.717) is 24.5 Å². The summed E-state index contributed by atoms with van der Waals surface area (Å²) >= 11 is 0. The zero-order chi connectivity index (χ0) is 16.9.